The minimum absolute atomic E-state index is 0.0694. The highest BCUT2D eigenvalue weighted by Gasteiger charge is 2.31. The fourth-order valence-electron chi connectivity index (χ4n) is 5.93. The van der Waals surface area contributed by atoms with Crippen LogP contribution in [0.15, 0.2) is 35.3 Å². The van der Waals surface area contributed by atoms with Gasteiger partial charge < -0.3 is 14.7 Å². The number of fused-ring (bicyclic) bond motifs is 2. The highest BCUT2D eigenvalue weighted by Crippen LogP contribution is 2.41. The van der Waals surface area contributed by atoms with Crippen LogP contribution < -0.4 is 15.3 Å². The van der Waals surface area contributed by atoms with Crippen LogP contribution in [0.25, 0.3) is 38.2 Å². The van der Waals surface area contributed by atoms with Gasteiger partial charge in [0.15, 0.2) is 0 Å². The maximum Gasteiger partial charge on any atom is 0.328 e. The number of piperidine rings is 1. The molecule has 6 rings (SSSR count). The molecule has 0 unspecified atom stereocenters. The molecule has 1 N–H and O–H groups in total. The van der Waals surface area contributed by atoms with E-state index in [1.54, 1.807) is 27.6 Å². The number of imidazole rings is 2. The SMILES string of the molecule is COc1cc2c(cc1-c1cnc(C)s1)nc(C(C)(C)C)n2-c1cc(N2CCC(C)(O)CC2)c2c(c1)n(C)c(=O)n2C. The number of benzene rings is 2. The Morgan fingerprint density at radius 2 is 1.76 bits per heavy atom. The van der Waals surface area contributed by atoms with Crippen molar-refractivity contribution in [3.8, 4) is 21.9 Å². The van der Waals surface area contributed by atoms with Crippen LogP contribution in [0.1, 0.15) is 51.4 Å². The lowest BCUT2D eigenvalue weighted by atomic mass is 9.93. The smallest absolute Gasteiger partial charge is 0.328 e. The van der Waals surface area contributed by atoms with E-state index in [4.69, 9.17) is 9.72 Å². The van der Waals surface area contributed by atoms with E-state index in [0.717, 1.165) is 60.5 Å². The summed E-state index contributed by atoms with van der Waals surface area (Å²) in [4.78, 5) is 26.1. The number of aromatic nitrogens is 5. The molecule has 0 aliphatic carbocycles. The Kier molecular flexibility index (Phi) is 6.35. The summed E-state index contributed by atoms with van der Waals surface area (Å²) in [6.45, 7) is 11.8. The average Bonchev–Trinajstić information content (AvgIpc) is 3.58. The Bertz CT molecular complexity index is 1860. The summed E-state index contributed by atoms with van der Waals surface area (Å²) in [5.74, 6) is 1.68. The van der Waals surface area contributed by atoms with Crippen molar-refractivity contribution in [3.63, 3.8) is 0 Å². The molecule has 0 saturated carbocycles. The number of thiazole rings is 1. The van der Waals surface area contributed by atoms with Gasteiger partial charge in [0, 0.05) is 50.4 Å². The van der Waals surface area contributed by atoms with Crippen LogP contribution in [0.2, 0.25) is 0 Å². The van der Waals surface area contributed by atoms with E-state index in [1.807, 2.05) is 34.1 Å². The first-order valence-electron chi connectivity index (χ1n) is 14.0. The highest BCUT2D eigenvalue weighted by molar-refractivity contribution is 7.15. The predicted molar refractivity (Wildman–Crippen MR) is 166 cm³/mol. The molecule has 1 saturated heterocycles. The molecule has 9 nitrogen and oxygen atoms in total. The molecule has 1 fully saturated rings. The zero-order valence-corrected chi connectivity index (χ0v) is 25.9. The van der Waals surface area contributed by atoms with Crippen molar-refractivity contribution in [2.24, 2.45) is 14.1 Å². The van der Waals surface area contributed by atoms with E-state index in [0.29, 0.717) is 25.9 Å². The number of methoxy groups -OCH3 is 1. The number of rotatable bonds is 4. The molecule has 4 heterocycles. The van der Waals surface area contributed by atoms with Gasteiger partial charge >= 0.3 is 5.69 Å². The number of aryl methyl sites for hydroxylation is 3. The van der Waals surface area contributed by atoms with Crippen molar-refractivity contribution in [3.05, 3.63) is 51.8 Å². The Labute approximate surface area is 243 Å². The summed E-state index contributed by atoms with van der Waals surface area (Å²) in [7, 11) is 5.34. The van der Waals surface area contributed by atoms with Crippen LogP contribution in [0.3, 0.4) is 0 Å². The first-order valence-corrected chi connectivity index (χ1v) is 14.8. The molecular weight excluding hydrogens is 536 g/mol. The molecule has 216 valence electrons. The van der Waals surface area contributed by atoms with E-state index in [-0.39, 0.29) is 11.1 Å². The van der Waals surface area contributed by atoms with E-state index in [1.165, 1.54) is 0 Å². The average molecular weight is 575 g/mol. The minimum Gasteiger partial charge on any atom is -0.496 e. The van der Waals surface area contributed by atoms with E-state index >= 15 is 0 Å². The lowest BCUT2D eigenvalue weighted by Crippen LogP contribution is -2.42. The summed E-state index contributed by atoms with van der Waals surface area (Å²) in [5.41, 5.74) is 5.42. The van der Waals surface area contributed by atoms with Crippen LogP contribution in [0.4, 0.5) is 5.69 Å². The Morgan fingerprint density at radius 3 is 2.37 bits per heavy atom. The second-order valence-electron chi connectivity index (χ2n) is 12.5. The molecule has 0 amide bonds. The number of anilines is 1. The predicted octanol–water partition coefficient (Wildman–Crippen LogP) is 5.31. The van der Waals surface area contributed by atoms with Crippen molar-refractivity contribution in [2.45, 2.75) is 58.5 Å². The summed E-state index contributed by atoms with van der Waals surface area (Å²) in [6.07, 6.45) is 3.22. The molecule has 1 aliphatic rings. The Hall–Kier alpha value is -3.63. The molecule has 41 heavy (non-hydrogen) atoms. The quantitative estimate of drug-likeness (QED) is 0.313. The van der Waals surface area contributed by atoms with Gasteiger partial charge in [0.2, 0.25) is 0 Å². The van der Waals surface area contributed by atoms with Crippen molar-refractivity contribution >= 4 is 39.1 Å². The van der Waals surface area contributed by atoms with Gasteiger partial charge in [-0.1, -0.05) is 20.8 Å². The van der Waals surface area contributed by atoms with Crippen LogP contribution in [0.5, 0.6) is 5.75 Å². The molecule has 10 heteroatoms. The molecule has 5 aromatic rings. The third-order valence-corrected chi connectivity index (χ3v) is 9.24. The lowest BCUT2D eigenvalue weighted by Gasteiger charge is -2.37. The van der Waals surface area contributed by atoms with Gasteiger partial charge in [0.25, 0.3) is 0 Å². The third-order valence-electron chi connectivity index (χ3n) is 8.30. The second-order valence-corrected chi connectivity index (χ2v) is 13.8. The summed E-state index contributed by atoms with van der Waals surface area (Å²) in [5, 5.41) is 11.6. The summed E-state index contributed by atoms with van der Waals surface area (Å²) >= 11 is 1.63. The highest BCUT2D eigenvalue weighted by atomic mass is 32.1. The van der Waals surface area contributed by atoms with Gasteiger partial charge in [0.05, 0.1) is 56.0 Å². The molecule has 0 atom stereocenters. The molecule has 0 spiro atoms. The maximum absolute atomic E-state index is 13.1. The van der Waals surface area contributed by atoms with E-state index < -0.39 is 5.60 Å². The van der Waals surface area contributed by atoms with Crippen LogP contribution in [-0.4, -0.2) is 54.6 Å². The largest absolute Gasteiger partial charge is 0.496 e. The van der Waals surface area contributed by atoms with Crippen molar-refractivity contribution in [1.29, 1.82) is 0 Å². The van der Waals surface area contributed by atoms with Gasteiger partial charge in [-0.3, -0.25) is 13.7 Å². The van der Waals surface area contributed by atoms with Crippen LogP contribution >= 0.6 is 11.3 Å². The summed E-state index contributed by atoms with van der Waals surface area (Å²) in [6, 6.07) is 8.42. The first-order chi connectivity index (χ1) is 19.3. The minimum atomic E-state index is -0.680. The monoisotopic (exact) mass is 574 g/mol. The van der Waals surface area contributed by atoms with Gasteiger partial charge in [-0.15, -0.1) is 11.3 Å². The van der Waals surface area contributed by atoms with Crippen molar-refractivity contribution < 1.29 is 9.84 Å². The Balaban J connectivity index is 1.64. The van der Waals surface area contributed by atoms with Crippen LogP contribution in [0, 0.1) is 6.92 Å². The number of nitrogens with zero attached hydrogens (tertiary/aromatic N) is 6. The van der Waals surface area contributed by atoms with Gasteiger partial charge in [-0.05, 0) is 44.9 Å². The third kappa shape index (κ3) is 4.53. The van der Waals surface area contributed by atoms with Crippen molar-refractivity contribution in [1.82, 2.24) is 23.7 Å². The van der Waals surface area contributed by atoms with Gasteiger partial charge in [0.1, 0.15) is 11.6 Å². The zero-order chi connectivity index (χ0) is 29.4. The second kappa shape index (κ2) is 9.46. The van der Waals surface area contributed by atoms with Gasteiger partial charge in [-0.2, -0.15) is 0 Å². The molecular formula is C31H38N6O3S. The fraction of sp³-hybridized carbons (Fsp3) is 0.452. The Morgan fingerprint density at radius 1 is 1.05 bits per heavy atom. The standard InChI is InChI=1S/C31H38N6O3S/c1-18-32-17-26(41-18)20-15-21-22(16-25(20)40-8)37(28(33-21)30(2,3)4)19-13-23-27(35(7)29(38)34(23)6)24(14-19)36-11-9-31(5,39)10-12-36/h13-17,39H,9-12H2,1-8H3. The zero-order valence-electron chi connectivity index (χ0n) is 25.1. The molecule has 1 aliphatic heterocycles. The number of hydrogen-bond acceptors (Lipinski definition) is 7. The fourth-order valence-corrected chi connectivity index (χ4v) is 6.73. The lowest BCUT2D eigenvalue weighted by molar-refractivity contribution is 0.0352. The molecule has 3 aromatic heterocycles. The molecule has 0 radical (unpaired) electrons. The molecule has 0 bridgehead atoms. The number of hydrogen-bond donors (Lipinski definition) is 1. The van der Waals surface area contributed by atoms with Gasteiger partial charge in [-0.25, -0.2) is 14.8 Å². The van der Waals surface area contributed by atoms with Crippen LogP contribution in [-0.2, 0) is 19.5 Å². The maximum atomic E-state index is 13.1. The summed E-state index contributed by atoms with van der Waals surface area (Å²) < 4.78 is 11.6. The number of aliphatic hydroxyl groups is 1. The topological polar surface area (TPSA) is 90.3 Å². The van der Waals surface area contributed by atoms with E-state index in [2.05, 4.69) is 59.5 Å². The normalized spacial score (nSPS) is 15.8. The first kappa shape index (κ1) is 27.5. The molecule has 2 aromatic carbocycles. The van der Waals surface area contributed by atoms with Crippen molar-refractivity contribution in [2.75, 3.05) is 25.1 Å². The van der Waals surface area contributed by atoms with E-state index in [9.17, 15) is 9.90 Å². The number of ether oxygens (including phenoxy) is 1.